The second kappa shape index (κ2) is 3.31. The molecule has 66 valence electrons. The third-order valence-corrected chi connectivity index (χ3v) is 1.52. The van der Waals surface area contributed by atoms with Gasteiger partial charge in [-0.3, -0.25) is 0 Å². The molecule has 0 atom stereocenters. The molecule has 0 saturated carbocycles. The van der Waals surface area contributed by atoms with Gasteiger partial charge in [-0.1, -0.05) is 11.6 Å². The van der Waals surface area contributed by atoms with E-state index in [0.717, 1.165) is 18.3 Å². The first-order valence-electron chi connectivity index (χ1n) is 3.12. The fourth-order valence-electron chi connectivity index (χ4n) is 0.707. The highest BCUT2D eigenvalue weighted by Crippen LogP contribution is 2.28. The number of halogens is 4. The van der Waals surface area contributed by atoms with Crippen molar-refractivity contribution < 1.29 is 13.2 Å². The van der Waals surface area contributed by atoms with E-state index in [1.165, 1.54) is 0 Å². The minimum absolute atomic E-state index is 0.0689. The van der Waals surface area contributed by atoms with Crippen molar-refractivity contribution in [1.82, 2.24) is 4.98 Å². The first kappa shape index (κ1) is 9.32. The number of hydrogen-bond acceptors (Lipinski definition) is 1. The third kappa shape index (κ3) is 1.88. The van der Waals surface area contributed by atoms with E-state index in [0.29, 0.717) is 0 Å². The van der Waals surface area contributed by atoms with Crippen LogP contribution in [0.2, 0.25) is 5.15 Å². The summed E-state index contributed by atoms with van der Waals surface area (Å²) >= 11 is 5.34. The van der Waals surface area contributed by atoms with Gasteiger partial charge in [0.1, 0.15) is 5.15 Å². The zero-order chi connectivity index (χ0) is 9.19. The molecular weight excluding hydrogens is 191 g/mol. The fraction of sp³-hybridized carbons (Fsp3) is 0.286. The van der Waals surface area contributed by atoms with Crippen molar-refractivity contribution in [3.8, 4) is 0 Å². The summed E-state index contributed by atoms with van der Waals surface area (Å²) < 4.78 is 37.0. The van der Waals surface area contributed by atoms with Gasteiger partial charge < -0.3 is 0 Å². The van der Waals surface area contributed by atoms with E-state index in [4.69, 9.17) is 11.6 Å². The number of aromatic nitrogens is 1. The molecule has 1 heterocycles. The number of rotatable bonds is 2. The Morgan fingerprint density at radius 3 is 2.67 bits per heavy atom. The van der Waals surface area contributed by atoms with Crippen LogP contribution in [0.15, 0.2) is 18.3 Å². The van der Waals surface area contributed by atoms with Crippen molar-refractivity contribution >= 4 is 11.6 Å². The van der Waals surface area contributed by atoms with E-state index in [1.54, 1.807) is 0 Å². The molecule has 0 radical (unpaired) electrons. The van der Waals surface area contributed by atoms with Crippen LogP contribution in [-0.2, 0) is 5.92 Å². The molecule has 1 aromatic heterocycles. The maximum atomic E-state index is 12.6. The van der Waals surface area contributed by atoms with Gasteiger partial charge in [-0.05, 0) is 12.1 Å². The lowest BCUT2D eigenvalue weighted by Crippen LogP contribution is -2.15. The lowest BCUT2D eigenvalue weighted by molar-refractivity contribution is -0.0281. The van der Waals surface area contributed by atoms with Crippen molar-refractivity contribution in [2.24, 2.45) is 0 Å². The quantitative estimate of drug-likeness (QED) is 0.662. The molecular formula is C7H5ClF3N. The average molecular weight is 196 g/mol. The molecule has 0 aliphatic heterocycles. The summed E-state index contributed by atoms with van der Waals surface area (Å²) in [5.41, 5.74) is -0.454. The minimum atomic E-state index is -3.47. The Balaban J connectivity index is 3.03. The first-order valence-corrected chi connectivity index (χ1v) is 3.50. The van der Waals surface area contributed by atoms with Crippen molar-refractivity contribution in [2.45, 2.75) is 5.92 Å². The largest absolute Gasteiger partial charge is 0.301 e. The minimum Gasteiger partial charge on any atom is -0.245 e. The Morgan fingerprint density at radius 2 is 2.17 bits per heavy atom. The highest BCUT2D eigenvalue weighted by atomic mass is 35.5. The summed E-state index contributed by atoms with van der Waals surface area (Å²) in [6.07, 6.45) is 1.11. The predicted molar refractivity (Wildman–Crippen MR) is 39.1 cm³/mol. The standard InChI is InChI=1S/C7H5ClF3N/c8-6-3-5(1-2-12-6)7(10,11)4-9/h1-3H,4H2. The van der Waals surface area contributed by atoms with Crippen LogP contribution in [-0.4, -0.2) is 11.7 Å². The smallest absolute Gasteiger partial charge is 0.245 e. The Kier molecular flexibility index (Phi) is 2.57. The highest BCUT2D eigenvalue weighted by molar-refractivity contribution is 6.29. The lowest BCUT2D eigenvalue weighted by atomic mass is 10.1. The molecule has 0 saturated heterocycles. The van der Waals surface area contributed by atoms with Gasteiger partial charge >= 0.3 is 5.92 Å². The molecule has 0 amide bonds. The lowest BCUT2D eigenvalue weighted by Gasteiger charge is -2.11. The van der Waals surface area contributed by atoms with Crippen LogP contribution < -0.4 is 0 Å². The van der Waals surface area contributed by atoms with Gasteiger partial charge in [0.15, 0.2) is 6.67 Å². The maximum absolute atomic E-state index is 12.6. The van der Waals surface area contributed by atoms with Crippen LogP contribution in [0.3, 0.4) is 0 Å². The third-order valence-electron chi connectivity index (χ3n) is 1.32. The predicted octanol–water partition coefficient (Wildman–Crippen LogP) is 2.80. The second-order valence-corrected chi connectivity index (χ2v) is 2.59. The summed E-state index contributed by atoms with van der Waals surface area (Å²) in [4.78, 5) is 3.50. The monoisotopic (exact) mass is 195 g/mol. The molecule has 0 aliphatic rings. The van der Waals surface area contributed by atoms with Crippen LogP contribution in [0.1, 0.15) is 5.56 Å². The number of nitrogens with zero attached hydrogens (tertiary/aromatic N) is 1. The second-order valence-electron chi connectivity index (χ2n) is 2.21. The average Bonchev–Trinajstić information content (AvgIpc) is 2.05. The highest BCUT2D eigenvalue weighted by Gasteiger charge is 2.31. The molecule has 1 aromatic rings. The van der Waals surface area contributed by atoms with Crippen LogP contribution in [0.5, 0.6) is 0 Å². The molecule has 0 unspecified atom stereocenters. The number of pyridine rings is 1. The Bertz CT molecular complexity index is 277. The van der Waals surface area contributed by atoms with Crippen molar-refractivity contribution in [3.05, 3.63) is 29.0 Å². The van der Waals surface area contributed by atoms with E-state index < -0.39 is 18.2 Å². The fourth-order valence-corrected chi connectivity index (χ4v) is 0.881. The van der Waals surface area contributed by atoms with Crippen LogP contribution >= 0.6 is 11.6 Å². The van der Waals surface area contributed by atoms with Gasteiger partial charge in [0.25, 0.3) is 0 Å². The molecule has 12 heavy (non-hydrogen) atoms. The van der Waals surface area contributed by atoms with Gasteiger partial charge in [-0.2, -0.15) is 8.78 Å². The SMILES string of the molecule is FCC(F)(F)c1ccnc(Cl)c1. The Morgan fingerprint density at radius 1 is 1.50 bits per heavy atom. The van der Waals surface area contributed by atoms with Gasteiger partial charge in [-0.15, -0.1) is 0 Å². The number of hydrogen-bond donors (Lipinski definition) is 0. The summed E-state index contributed by atoms with van der Waals surface area (Å²) in [5.74, 6) is -3.47. The Hall–Kier alpha value is -0.770. The molecule has 0 fully saturated rings. The normalized spacial score (nSPS) is 11.7. The molecule has 5 heteroatoms. The van der Waals surface area contributed by atoms with Gasteiger partial charge in [-0.25, -0.2) is 9.37 Å². The molecule has 0 spiro atoms. The maximum Gasteiger partial charge on any atom is 0.301 e. The zero-order valence-corrected chi connectivity index (χ0v) is 6.65. The van der Waals surface area contributed by atoms with E-state index in [2.05, 4.69) is 4.98 Å². The molecule has 0 N–H and O–H groups in total. The summed E-state index contributed by atoms with van der Waals surface area (Å²) in [6.45, 7) is -1.73. The van der Waals surface area contributed by atoms with Crippen LogP contribution in [0.4, 0.5) is 13.2 Å². The summed E-state index contributed by atoms with van der Waals surface area (Å²) in [5, 5.41) is -0.0689. The van der Waals surface area contributed by atoms with Gasteiger partial charge in [0.05, 0.1) is 0 Å². The van der Waals surface area contributed by atoms with E-state index in [-0.39, 0.29) is 5.15 Å². The first-order chi connectivity index (χ1) is 5.56. The molecule has 0 bridgehead atoms. The van der Waals surface area contributed by atoms with E-state index in [9.17, 15) is 13.2 Å². The number of alkyl halides is 3. The van der Waals surface area contributed by atoms with E-state index in [1.807, 2.05) is 0 Å². The molecule has 0 aromatic carbocycles. The van der Waals surface area contributed by atoms with Gasteiger partial charge in [0, 0.05) is 11.8 Å². The van der Waals surface area contributed by atoms with Crippen molar-refractivity contribution in [2.75, 3.05) is 6.67 Å². The van der Waals surface area contributed by atoms with Crippen LogP contribution in [0, 0.1) is 0 Å². The molecule has 1 nitrogen and oxygen atoms in total. The summed E-state index contributed by atoms with van der Waals surface area (Å²) in [7, 11) is 0. The summed E-state index contributed by atoms with van der Waals surface area (Å²) in [6, 6.07) is 1.98. The Labute approximate surface area is 72.2 Å². The van der Waals surface area contributed by atoms with Crippen molar-refractivity contribution in [3.63, 3.8) is 0 Å². The van der Waals surface area contributed by atoms with E-state index >= 15 is 0 Å². The molecule has 1 rings (SSSR count). The van der Waals surface area contributed by atoms with Gasteiger partial charge in [0.2, 0.25) is 0 Å². The molecule has 0 aliphatic carbocycles. The van der Waals surface area contributed by atoms with Crippen molar-refractivity contribution in [1.29, 1.82) is 0 Å². The van der Waals surface area contributed by atoms with Crippen LogP contribution in [0.25, 0.3) is 0 Å². The zero-order valence-electron chi connectivity index (χ0n) is 5.90. The topological polar surface area (TPSA) is 12.9 Å².